The first kappa shape index (κ1) is 24.1. The molecule has 0 radical (unpaired) electrons. The Balaban J connectivity index is 1.47. The maximum Gasteiger partial charge on any atom is 0.262 e. The largest absolute Gasteiger partial charge is 0.394 e. The van der Waals surface area contributed by atoms with Crippen molar-refractivity contribution in [3.05, 3.63) is 47.5 Å². The van der Waals surface area contributed by atoms with Crippen LogP contribution in [0.15, 0.2) is 42.0 Å². The number of nitrogens with one attached hydrogen (secondary N) is 1. The topological polar surface area (TPSA) is 129 Å². The number of hydrogen-bond donors (Lipinski definition) is 4. The number of rotatable bonds is 5. The number of carbonyl (C=O) groups is 1. The molecule has 0 aromatic heterocycles. The zero-order chi connectivity index (χ0) is 24.2. The maximum atomic E-state index is 12.6. The summed E-state index contributed by atoms with van der Waals surface area (Å²) >= 11 is 0. The van der Waals surface area contributed by atoms with E-state index in [1.54, 1.807) is 0 Å². The SMILES string of the molecule is CN1CCN(c2ccc3cc(C=C(C#N)C(=O)NC4COC(CO)C(O)C4O)ccc3c2)CC1. The fourth-order valence-electron chi connectivity index (χ4n) is 4.33. The number of hydrogen-bond acceptors (Lipinski definition) is 8. The summed E-state index contributed by atoms with van der Waals surface area (Å²) in [4.78, 5) is 17.3. The van der Waals surface area contributed by atoms with Gasteiger partial charge < -0.3 is 35.2 Å². The van der Waals surface area contributed by atoms with Crippen molar-refractivity contribution in [2.75, 3.05) is 51.3 Å². The Kier molecular flexibility index (Phi) is 7.46. The number of fused-ring (bicyclic) bond motifs is 1. The lowest BCUT2D eigenvalue weighted by molar-refractivity contribution is -0.163. The fraction of sp³-hybridized carbons (Fsp3) is 0.440. The molecule has 0 aliphatic carbocycles. The van der Waals surface area contributed by atoms with Gasteiger partial charge in [0.2, 0.25) is 0 Å². The molecule has 2 saturated heterocycles. The molecule has 1 amide bonds. The standard InChI is InChI=1S/C25H30N4O5/c1-28-6-8-29(9-7-28)20-5-4-17-10-16(2-3-18(17)12-20)11-19(13-26)25(33)27-21-15-34-22(14-30)24(32)23(21)31/h2-5,10-12,21-24,30-32H,6-9,14-15H2,1H3,(H,27,33). The Bertz CT molecular complexity index is 1110. The lowest BCUT2D eigenvalue weighted by Gasteiger charge is -2.37. The molecule has 9 heteroatoms. The number of carbonyl (C=O) groups excluding carboxylic acids is 1. The predicted molar refractivity (Wildman–Crippen MR) is 128 cm³/mol. The molecule has 34 heavy (non-hydrogen) atoms. The average molecular weight is 467 g/mol. The van der Waals surface area contributed by atoms with Crippen LogP contribution < -0.4 is 10.2 Å². The molecule has 2 aliphatic heterocycles. The lowest BCUT2D eigenvalue weighted by Crippen LogP contribution is -2.60. The second-order valence-electron chi connectivity index (χ2n) is 8.87. The molecule has 4 N–H and O–H groups in total. The first-order valence-electron chi connectivity index (χ1n) is 11.4. The highest BCUT2D eigenvalue weighted by Crippen LogP contribution is 2.25. The Hall–Kier alpha value is -3.00. The van der Waals surface area contributed by atoms with Crippen LogP contribution in [-0.4, -0.2) is 96.9 Å². The average Bonchev–Trinajstić information content (AvgIpc) is 2.85. The summed E-state index contributed by atoms with van der Waals surface area (Å²) in [7, 11) is 2.13. The highest BCUT2D eigenvalue weighted by Gasteiger charge is 2.39. The van der Waals surface area contributed by atoms with E-state index in [9.17, 15) is 20.3 Å². The minimum atomic E-state index is -1.34. The number of ether oxygens (including phenoxy) is 1. The monoisotopic (exact) mass is 466 g/mol. The Morgan fingerprint density at radius 1 is 1.15 bits per heavy atom. The van der Waals surface area contributed by atoms with E-state index in [-0.39, 0.29) is 12.2 Å². The highest BCUT2D eigenvalue weighted by molar-refractivity contribution is 6.02. The van der Waals surface area contributed by atoms with Gasteiger partial charge in [0.25, 0.3) is 5.91 Å². The minimum Gasteiger partial charge on any atom is -0.394 e. The van der Waals surface area contributed by atoms with Crippen molar-refractivity contribution >= 4 is 28.4 Å². The molecule has 4 rings (SSSR count). The number of nitriles is 1. The number of anilines is 1. The van der Waals surface area contributed by atoms with Crippen molar-refractivity contribution < 1.29 is 24.9 Å². The molecular formula is C25H30N4O5. The van der Waals surface area contributed by atoms with Crippen molar-refractivity contribution in [3.63, 3.8) is 0 Å². The summed E-state index contributed by atoms with van der Waals surface area (Å²) in [6.07, 6.45) is -2.07. The number of likely N-dealkylation sites (N-methyl/N-ethyl adjacent to an activating group) is 1. The van der Waals surface area contributed by atoms with E-state index in [0.717, 1.165) is 37.0 Å². The molecule has 9 nitrogen and oxygen atoms in total. The zero-order valence-corrected chi connectivity index (χ0v) is 19.1. The molecular weight excluding hydrogens is 436 g/mol. The first-order chi connectivity index (χ1) is 16.4. The van der Waals surface area contributed by atoms with Crippen LogP contribution in [0.25, 0.3) is 16.8 Å². The lowest BCUT2D eigenvalue weighted by atomic mass is 9.98. The van der Waals surface area contributed by atoms with Crippen LogP contribution >= 0.6 is 0 Å². The molecule has 0 bridgehead atoms. The van der Waals surface area contributed by atoms with Gasteiger partial charge in [-0.2, -0.15) is 5.26 Å². The van der Waals surface area contributed by atoms with Gasteiger partial charge in [0.05, 0.1) is 19.3 Å². The Morgan fingerprint density at radius 3 is 2.56 bits per heavy atom. The molecule has 180 valence electrons. The van der Waals surface area contributed by atoms with Gasteiger partial charge in [0.1, 0.15) is 30.0 Å². The highest BCUT2D eigenvalue weighted by atomic mass is 16.5. The van der Waals surface area contributed by atoms with Crippen LogP contribution in [0.2, 0.25) is 0 Å². The number of aliphatic hydroxyl groups is 3. The molecule has 2 heterocycles. The van der Waals surface area contributed by atoms with Gasteiger partial charge in [-0.25, -0.2) is 0 Å². The summed E-state index contributed by atoms with van der Waals surface area (Å²) in [6, 6.07) is 13.0. The third-order valence-electron chi connectivity index (χ3n) is 6.52. The van der Waals surface area contributed by atoms with Crippen molar-refractivity contribution in [1.29, 1.82) is 5.26 Å². The van der Waals surface area contributed by atoms with E-state index in [2.05, 4.69) is 34.3 Å². The third kappa shape index (κ3) is 5.22. The van der Waals surface area contributed by atoms with Crippen molar-refractivity contribution in [2.24, 2.45) is 0 Å². The van der Waals surface area contributed by atoms with E-state index in [1.807, 2.05) is 30.3 Å². The Labute approximate surface area is 198 Å². The summed E-state index contributed by atoms with van der Waals surface area (Å²) in [5.74, 6) is -0.671. The van der Waals surface area contributed by atoms with Gasteiger partial charge in [0.15, 0.2) is 0 Å². The summed E-state index contributed by atoms with van der Waals surface area (Å²) in [5, 5.41) is 43.5. The second-order valence-corrected chi connectivity index (χ2v) is 8.87. The van der Waals surface area contributed by atoms with E-state index >= 15 is 0 Å². The summed E-state index contributed by atoms with van der Waals surface area (Å²) in [6.45, 7) is 3.52. The molecule has 4 atom stereocenters. The molecule has 2 aliphatic rings. The maximum absolute atomic E-state index is 12.6. The molecule has 0 spiro atoms. The summed E-state index contributed by atoms with van der Waals surface area (Å²) < 4.78 is 5.28. The van der Waals surface area contributed by atoms with E-state index in [0.29, 0.717) is 5.56 Å². The molecule has 2 aromatic carbocycles. The molecule has 4 unspecified atom stereocenters. The third-order valence-corrected chi connectivity index (χ3v) is 6.52. The van der Waals surface area contributed by atoms with E-state index in [1.165, 1.54) is 11.8 Å². The van der Waals surface area contributed by atoms with Crippen molar-refractivity contribution in [2.45, 2.75) is 24.4 Å². The number of nitrogens with zero attached hydrogens (tertiary/aromatic N) is 3. The molecule has 2 fully saturated rings. The van der Waals surface area contributed by atoms with E-state index < -0.39 is 36.9 Å². The van der Waals surface area contributed by atoms with Crippen LogP contribution in [0.1, 0.15) is 5.56 Å². The van der Waals surface area contributed by atoms with Crippen LogP contribution in [0.3, 0.4) is 0 Å². The number of amides is 1. The quantitative estimate of drug-likeness (QED) is 0.361. The Morgan fingerprint density at radius 2 is 1.85 bits per heavy atom. The van der Waals surface area contributed by atoms with Crippen LogP contribution in [0.5, 0.6) is 0 Å². The smallest absolute Gasteiger partial charge is 0.262 e. The van der Waals surface area contributed by atoms with Crippen LogP contribution in [0, 0.1) is 11.3 Å². The number of aliphatic hydroxyl groups excluding tert-OH is 3. The van der Waals surface area contributed by atoms with Gasteiger partial charge in [-0.1, -0.05) is 18.2 Å². The number of piperazine rings is 1. The van der Waals surface area contributed by atoms with Gasteiger partial charge in [-0.05, 0) is 47.7 Å². The van der Waals surface area contributed by atoms with Crippen LogP contribution in [-0.2, 0) is 9.53 Å². The number of benzene rings is 2. The van der Waals surface area contributed by atoms with Gasteiger partial charge >= 0.3 is 0 Å². The van der Waals surface area contributed by atoms with Crippen LogP contribution in [0.4, 0.5) is 5.69 Å². The van der Waals surface area contributed by atoms with Gasteiger partial charge in [-0.3, -0.25) is 4.79 Å². The summed E-state index contributed by atoms with van der Waals surface area (Å²) in [5.41, 5.74) is 1.76. The minimum absolute atomic E-state index is 0.0838. The predicted octanol–water partition coefficient (Wildman–Crippen LogP) is 0.0963. The fourth-order valence-corrected chi connectivity index (χ4v) is 4.33. The van der Waals surface area contributed by atoms with Crippen molar-refractivity contribution in [1.82, 2.24) is 10.2 Å². The normalized spacial score (nSPS) is 26.3. The second kappa shape index (κ2) is 10.5. The van der Waals surface area contributed by atoms with E-state index in [4.69, 9.17) is 9.84 Å². The first-order valence-corrected chi connectivity index (χ1v) is 11.4. The van der Waals surface area contributed by atoms with Crippen molar-refractivity contribution in [3.8, 4) is 6.07 Å². The zero-order valence-electron chi connectivity index (χ0n) is 19.1. The molecule has 2 aromatic rings. The van der Waals surface area contributed by atoms with Gasteiger partial charge in [-0.15, -0.1) is 0 Å². The van der Waals surface area contributed by atoms with Gasteiger partial charge in [0, 0.05) is 31.9 Å². The molecule has 0 saturated carbocycles.